The summed E-state index contributed by atoms with van der Waals surface area (Å²) in [6, 6.07) is 1.40. The van der Waals surface area contributed by atoms with Gasteiger partial charge < -0.3 is 15.1 Å². The molecule has 0 unspecified atom stereocenters. The number of rotatable bonds is 10. The molecule has 4 fully saturated rings. The van der Waals surface area contributed by atoms with E-state index >= 15 is 0 Å². The molecule has 0 aromatic carbocycles. The third-order valence-corrected chi connectivity index (χ3v) is 7.88. The minimum Gasteiger partial charge on any atom is -0.342 e. The van der Waals surface area contributed by atoms with Crippen LogP contribution in [0.2, 0.25) is 0 Å². The van der Waals surface area contributed by atoms with Crippen LogP contribution in [-0.4, -0.2) is 65.5 Å². The molecule has 0 radical (unpaired) electrons. The first-order valence-corrected chi connectivity index (χ1v) is 12.3. The average molecular weight is 435 g/mol. The van der Waals surface area contributed by atoms with Gasteiger partial charge in [-0.25, -0.2) is 4.39 Å². The van der Waals surface area contributed by atoms with Crippen molar-refractivity contribution in [1.82, 2.24) is 15.1 Å². The van der Waals surface area contributed by atoms with Crippen molar-refractivity contribution in [2.45, 2.75) is 102 Å². The molecular weight excluding hydrogens is 395 g/mol. The summed E-state index contributed by atoms with van der Waals surface area (Å²) in [5.41, 5.74) is -0.330. The molecule has 2 amide bonds. The van der Waals surface area contributed by atoms with Crippen molar-refractivity contribution in [2.24, 2.45) is 5.41 Å². The molecule has 2 bridgehead atoms. The predicted octanol–water partition coefficient (Wildman–Crippen LogP) is 3.56. The van der Waals surface area contributed by atoms with Gasteiger partial charge >= 0.3 is 0 Å². The molecule has 31 heavy (non-hydrogen) atoms. The molecule has 6 nitrogen and oxygen atoms in total. The Kier molecular flexibility index (Phi) is 7.96. The molecule has 4 aliphatic rings. The molecule has 1 heterocycles. The second kappa shape index (κ2) is 10.3. The van der Waals surface area contributed by atoms with Crippen molar-refractivity contribution in [1.29, 1.82) is 5.26 Å². The third-order valence-electron chi connectivity index (χ3n) is 7.88. The Bertz CT molecular complexity index is 659. The summed E-state index contributed by atoms with van der Waals surface area (Å²) in [5.74, 6) is 0.159. The van der Waals surface area contributed by atoms with Gasteiger partial charge in [0.15, 0.2) is 0 Å². The molecule has 3 aliphatic carbocycles. The number of carbonyl (C=O) groups is 2. The average Bonchev–Trinajstić information content (AvgIpc) is 3.19. The number of nitrogens with one attached hydrogen (secondary N) is 1. The highest BCUT2D eigenvalue weighted by molar-refractivity contribution is 5.83. The largest absolute Gasteiger partial charge is 0.342 e. The zero-order valence-electron chi connectivity index (χ0n) is 19.3. The van der Waals surface area contributed by atoms with Crippen LogP contribution in [0.4, 0.5) is 4.39 Å². The summed E-state index contributed by atoms with van der Waals surface area (Å²) in [6.07, 6.45) is 8.62. The number of halogens is 1. The van der Waals surface area contributed by atoms with Gasteiger partial charge in [-0.1, -0.05) is 26.7 Å². The van der Waals surface area contributed by atoms with Gasteiger partial charge in [0.2, 0.25) is 11.8 Å². The number of alkyl halides is 1. The fraction of sp³-hybridized carbons (Fsp3) is 0.875. The van der Waals surface area contributed by atoms with Gasteiger partial charge in [-0.05, 0) is 51.4 Å². The first-order chi connectivity index (χ1) is 14.9. The SMILES string of the molecule is CCCCN(CCCC)C(=O)C12CCC(NCC(=O)N3C[C@@H](F)C[C@H]3C#N)(CC1)CC2. The van der Waals surface area contributed by atoms with Crippen LogP contribution < -0.4 is 5.32 Å². The van der Waals surface area contributed by atoms with Gasteiger partial charge in [0.1, 0.15) is 12.2 Å². The molecule has 0 aromatic heterocycles. The smallest absolute Gasteiger partial charge is 0.237 e. The lowest BCUT2D eigenvalue weighted by atomic mass is 9.56. The highest BCUT2D eigenvalue weighted by Gasteiger charge is 2.53. The number of carbonyl (C=O) groups excluding carboxylic acids is 2. The van der Waals surface area contributed by atoms with Gasteiger partial charge in [0.25, 0.3) is 0 Å². The van der Waals surface area contributed by atoms with E-state index in [1.54, 1.807) is 0 Å². The van der Waals surface area contributed by atoms with Crippen LogP contribution >= 0.6 is 0 Å². The van der Waals surface area contributed by atoms with Crippen molar-refractivity contribution in [3.05, 3.63) is 0 Å². The highest BCUT2D eigenvalue weighted by Crippen LogP contribution is 2.53. The van der Waals surface area contributed by atoms with E-state index in [2.05, 4.69) is 24.1 Å². The van der Waals surface area contributed by atoms with Crippen LogP contribution in [0.25, 0.3) is 0 Å². The Morgan fingerprint density at radius 2 is 1.68 bits per heavy atom. The van der Waals surface area contributed by atoms with E-state index in [9.17, 15) is 19.2 Å². The fourth-order valence-corrected chi connectivity index (χ4v) is 5.67. The predicted molar refractivity (Wildman–Crippen MR) is 118 cm³/mol. The Hall–Kier alpha value is -1.68. The van der Waals surface area contributed by atoms with Gasteiger partial charge in [0.05, 0.1) is 19.2 Å². The molecule has 1 N–H and O–H groups in total. The van der Waals surface area contributed by atoms with E-state index in [1.165, 1.54) is 4.90 Å². The van der Waals surface area contributed by atoms with Crippen LogP contribution in [0.15, 0.2) is 0 Å². The van der Waals surface area contributed by atoms with E-state index in [4.69, 9.17) is 0 Å². The molecule has 4 rings (SSSR count). The minimum atomic E-state index is -1.11. The minimum absolute atomic E-state index is 0.0225. The number of nitriles is 1. The molecule has 0 aromatic rings. The lowest BCUT2D eigenvalue weighted by Gasteiger charge is -2.54. The van der Waals surface area contributed by atoms with Crippen LogP contribution in [-0.2, 0) is 9.59 Å². The summed E-state index contributed by atoms with van der Waals surface area (Å²) in [6.45, 7) is 6.22. The Labute approximate surface area is 186 Å². The summed E-state index contributed by atoms with van der Waals surface area (Å²) in [7, 11) is 0. The zero-order chi connectivity index (χ0) is 22.5. The lowest BCUT2D eigenvalue weighted by Crippen LogP contribution is -2.60. The second-order valence-corrected chi connectivity index (χ2v) is 9.94. The van der Waals surface area contributed by atoms with E-state index in [-0.39, 0.29) is 36.4 Å². The molecule has 7 heteroatoms. The van der Waals surface area contributed by atoms with Gasteiger partial charge in [0, 0.05) is 30.5 Å². The Morgan fingerprint density at radius 1 is 1.10 bits per heavy atom. The van der Waals surface area contributed by atoms with E-state index in [1.807, 2.05) is 6.07 Å². The van der Waals surface area contributed by atoms with Gasteiger partial charge in [-0.15, -0.1) is 0 Å². The second-order valence-electron chi connectivity index (χ2n) is 9.94. The van der Waals surface area contributed by atoms with Crippen molar-refractivity contribution < 1.29 is 14.0 Å². The third kappa shape index (κ3) is 5.22. The Balaban J connectivity index is 1.55. The molecule has 174 valence electrons. The first-order valence-electron chi connectivity index (χ1n) is 12.3. The van der Waals surface area contributed by atoms with Gasteiger partial charge in [-0.2, -0.15) is 5.26 Å². The maximum atomic E-state index is 13.7. The monoisotopic (exact) mass is 434 g/mol. The van der Waals surface area contributed by atoms with E-state index < -0.39 is 12.2 Å². The number of fused-ring (bicyclic) bond motifs is 3. The highest BCUT2D eigenvalue weighted by atomic mass is 19.1. The van der Waals surface area contributed by atoms with Crippen molar-refractivity contribution in [3.63, 3.8) is 0 Å². The summed E-state index contributed by atoms with van der Waals surface area (Å²) >= 11 is 0. The van der Waals surface area contributed by atoms with Crippen LogP contribution in [0, 0.1) is 16.7 Å². The van der Waals surface area contributed by atoms with Crippen LogP contribution in [0.3, 0.4) is 0 Å². The quantitative estimate of drug-likeness (QED) is 0.570. The number of hydrogen-bond donors (Lipinski definition) is 1. The summed E-state index contributed by atoms with van der Waals surface area (Å²) in [5, 5.41) is 12.7. The zero-order valence-corrected chi connectivity index (χ0v) is 19.3. The van der Waals surface area contributed by atoms with E-state index in [0.717, 1.165) is 77.3 Å². The first kappa shape index (κ1) is 24.0. The Morgan fingerprint density at radius 3 is 2.19 bits per heavy atom. The molecular formula is C24H39FN4O2. The van der Waals surface area contributed by atoms with Crippen molar-refractivity contribution >= 4 is 11.8 Å². The number of likely N-dealkylation sites (tertiary alicyclic amines) is 1. The molecule has 1 aliphatic heterocycles. The van der Waals surface area contributed by atoms with Crippen molar-refractivity contribution in [2.75, 3.05) is 26.2 Å². The van der Waals surface area contributed by atoms with Crippen molar-refractivity contribution in [3.8, 4) is 6.07 Å². The molecule has 2 atom stereocenters. The lowest BCUT2D eigenvalue weighted by molar-refractivity contribution is -0.150. The van der Waals surface area contributed by atoms with Crippen LogP contribution in [0.1, 0.15) is 84.5 Å². The topological polar surface area (TPSA) is 76.4 Å². The molecule has 3 saturated carbocycles. The summed E-state index contributed by atoms with van der Waals surface area (Å²) < 4.78 is 13.7. The summed E-state index contributed by atoms with van der Waals surface area (Å²) in [4.78, 5) is 29.6. The van der Waals surface area contributed by atoms with Crippen LogP contribution in [0.5, 0.6) is 0 Å². The maximum absolute atomic E-state index is 13.7. The maximum Gasteiger partial charge on any atom is 0.237 e. The number of hydrogen-bond acceptors (Lipinski definition) is 4. The number of unbranched alkanes of at least 4 members (excludes halogenated alkanes) is 2. The number of nitrogens with zero attached hydrogens (tertiary/aromatic N) is 3. The van der Waals surface area contributed by atoms with E-state index in [0.29, 0.717) is 5.91 Å². The number of amides is 2. The fourth-order valence-electron chi connectivity index (χ4n) is 5.67. The molecule has 1 saturated heterocycles. The molecule has 0 spiro atoms. The van der Waals surface area contributed by atoms with Gasteiger partial charge in [-0.3, -0.25) is 9.59 Å². The normalized spacial score (nSPS) is 32.1. The standard InChI is InChI=1S/C24H39FN4O2/c1-3-5-13-28(14-6-4-2)22(31)23-7-10-24(11-8-23,12-9-23)27-17-21(30)29-18-19(25)15-20(29)16-26/h19-20,27H,3-15,17-18H2,1-2H3/t19-,20-,23?,24?/m0/s1.